The van der Waals surface area contributed by atoms with Crippen LogP contribution in [0.3, 0.4) is 0 Å². The third-order valence-electron chi connectivity index (χ3n) is 4.80. The Hall–Kier alpha value is -1.75. The van der Waals surface area contributed by atoms with Gasteiger partial charge >= 0.3 is 0 Å². The number of likely N-dealkylation sites (tertiary alicyclic amines) is 1. The van der Waals surface area contributed by atoms with E-state index in [1.54, 1.807) is 0 Å². The third-order valence-corrected chi connectivity index (χ3v) is 4.80. The maximum Gasteiger partial charge on any atom is 0.191 e. The summed E-state index contributed by atoms with van der Waals surface area (Å²) in [6.07, 6.45) is 2.60. The molecule has 0 bridgehead atoms. The number of piperidine rings is 1. The van der Waals surface area contributed by atoms with E-state index in [0.717, 1.165) is 30.4 Å². The van der Waals surface area contributed by atoms with Gasteiger partial charge in [-0.25, -0.2) is 0 Å². The molecule has 5 nitrogen and oxygen atoms in total. The largest absolute Gasteiger partial charge is 0.494 e. The number of aliphatic imine (C=N–C) groups is 1. The first-order chi connectivity index (χ1) is 12.2. The predicted molar refractivity (Wildman–Crippen MR) is 105 cm³/mol. The number of nitrogens with zero attached hydrogens (tertiary/aromatic N) is 2. The highest BCUT2D eigenvalue weighted by Gasteiger charge is 2.18. The molecular weight excluding hydrogens is 312 g/mol. The fraction of sp³-hybridized carbons (Fsp3) is 0.650. The lowest BCUT2D eigenvalue weighted by molar-refractivity contribution is 0.183. The Bertz CT molecular complexity index is 559. The molecular formula is C20H34N4O. The molecule has 1 aromatic rings. The Morgan fingerprint density at radius 3 is 2.88 bits per heavy atom. The molecule has 5 heteroatoms. The summed E-state index contributed by atoms with van der Waals surface area (Å²) in [5.41, 5.74) is 2.37. The Kier molecular flexibility index (Phi) is 8.06. The first-order valence-corrected chi connectivity index (χ1v) is 9.55. The van der Waals surface area contributed by atoms with Gasteiger partial charge in [0.2, 0.25) is 0 Å². The Balaban J connectivity index is 1.84. The van der Waals surface area contributed by atoms with Gasteiger partial charge in [0.15, 0.2) is 5.96 Å². The lowest BCUT2D eigenvalue weighted by atomic mass is 9.98. The number of nitrogens with one attached hydrogen (secondary N) is 2. The van der Waals surface area contributed by atoms with Crippen LogP contribution in [0.15, 0.2) is 23.2 Å². The van der Waals surface area contributed by atoms with Crippen molar-refractivity contribution in [3.63, 3.8) is 0 Å². The van der Waals surface area contributed by atoms with Crippen LogP contribution in [-0.2, 0) is 6.54 Å². The summed E-state index contributed by atoms with van der Waals surface area (Å²) in [5.74, 6) is 2.51. The molecule has 1 atom stereocenters. The van der Waals surface area contributed by atoms with Crippen LogP contribution in [0.5, 0.6) is 5.75 Å². The molecule has 1 heterocycles. The molecule has 1 fully saturated rings. The Labute approximate surface area is 152 Å². The quantitative estimate of drug-likeness (QED) is 0.589. The molecule has 1 aliphatic heterocycles. The molecule has 25 heavy (non-hydrogen) atoms. The molecule has 0 saturated carbocycles. The van der Waals surface area contributed by atoms with Crippen LogP contribution < -0.4 is 15.4 Å². The SMILES string of the molecule is CCOc1cc(C)ccc1CNC(=NC)NCC1CCCN(CC)C1. The zero-order chi connectivity index (χ0) is 18.1. The average molecular weight is 347 g/mol. The summed E-state index contributed by atoms with van der Waals surface area (Å²) in [6, 6.07) is 6.34. The molecule has 1 aromatic carbocycles. The lowest BCUT2D eigenvalue weighted by Crippen LogP contribution is -2.44. The van der Waals surface area contributed by atoms with E-state index in [2.05, 4.69) is 52.6 Å². The van der Waals surface area contributed by atoms with E-state index in [9.17, 15) is 0 Å². The number of rotatable bonds is 7. The number of ether oxygens (including phenoxy) is 1. The van der Waals surface area contributed by atoms with Crippen molar-refractivity contribution in [1.82, 2.24) is 15.5 Å². The van der Waals surface area contributed by atoms with Crippen molar-refractivity contribution in [1.29, 1.82) is 0 Å². The molecule has 0 spiro atoms. The van der Waals surface area contributed by atoms with Crippen LogP contribution in [0.25, 0.3) is 0 Å². The number of hydrogen-bond acceptors (Lipinski definition) is 3. The van der Waals surface area contributed by atoms with Crippen LogP contribution in [-0.4, -0.2) is 50.7 Å². The monoisotopic (exact) mass is 346 g/mol. The van der Waals surface area contributed by atoms with Crippen LogP contribution in [0.1, 0.15) is 37.8 Å². The zero-order valence-electron chi connectivity index (χ0n) is 16.3. The van der Waals surface area contributed by atoms with E-state index in [4.69, 9.17) is 4.74 Å². The molecule has 1 aliphatic rings. The van der Waals surface area contributed by atoms with Crippen molar-refractivity contribution >= 4 is 5.96 Å². The molecule has 0 radical (unpaired) electrons. The van der Waals surface area contributed by atoms with Gasteiger partial charge in [0.1, 0.15) is 5.75 Å². The van der Waals surface area contributed by atoms with Crippen molar-refractivity contribution in [2.45, 2.75) is 40.2 Å². The van der Waals surface area contributed by atoms with Crippen molar-refractivity contribution < 1.29 is 4.74 Å². The van der Waals surface area contributed by atoms with Gasteiger partial charge in [-0.2, -0.15) is 0 Å². The van der Waals surface area contributed by atoms with Gasteiger partial charge in [-0.05, 0) is 57.3 Å². The van der Waals surface area contributed by atoms with E-state index < -0.39 is 0 Å². The average Bonchev–Trinajstić information content (AvgIpc) is 2.63. The highest BCUT2D eigenvalue weighted by Crippen LogP contribution is 2.20. The third kappa shape index (κ3) is 6.24. The molecule has 0 amide bonds. The number of benzene rings is 1. The summed E-state index contributed by atoms with van der Waals surface area (Å²) >= 11 is 0. The van der Waals surface area contributed by atoms with Crippen LogP contribution >= 0.6 is 0 Å². The Morgan fingerprint density at radius 2 is 2.16 bits per heavy atom. The number of guanidine groups is 1. The van der Waals surface area contributed by atoms with E-state index in [-0.39, 0.29) is 0 Å². The van der Waals surface area contributed by atoms with E-state index in [1.165, 1.54) is 31.5 Å². The predicted octanol–water partition coefficient (Wildman–Crippen LogP) is 2.79. The minimum Gasteiger partial charge on any atom is -0.494 e. The summed E-state index contributed by atoms with van der Waals surface area (Å²) < 4.78 is 5.76. The summed E-state index contributed by atoms with van der Waals surface area (Å²) in [7, 11) is 1.83. The highest BCUT2D eigenvalue weighted by molar-refractivity contribution is 5.79. The van der Waals surface area contributed by atoms with Gasteiger partial charge in [0, 0.05) is 32.2 Å². The topological polar surface area (TPSA) is 48.9 Å². The zero-order valence-corrected chi connectivity index (χ0v) is 16.3. The van der Waals surface area contributed by atoms with Crippen molar-refractivity contribution in [2.24, 2.45) is 10.9 Å². The van der Waals surface area contributed by atoms with Gasteiger partial charge < -0.3 is 20.3 Å². The van der Waals surface area contributed by atoms with E-state index in [0.29, 0.717) is 19.1 Å². The molecule has 140 valence electrons. The van der Waals surface area contributed by atoms with Crippen molar-refractivity contribution in [2.75, 3.05) is 39.8 Å². The van der Waals surface area contributed by atoms with Gasteiger partial charge in [-0.1, -0.05) is 19.1 Å². The van der Waals surface area contributed by atoms with E-state index >= 15 is 0 Å². The number of aryl methyl sites for hydroxylation is 1. The van der Waals surface area contributed by atoms with Crippen molar-refractivity contribution in [3.8, 4) is 5.75 Å². The molecule has 0 aliphatic carbocycles. The van der Waals surface area contributed by atoms with Crippen molar-refractivity contribution in [3.05, 3.63) is 29.3 Å². The molecule has 1 saturated heterocycles. The minimum atomic E-state index is 0.680. The second-order valence-corrected chi connectivity index (χ2v) is 6.75. The second kappa shape index (κ2) is 10.3. The first-order valence-electron chi connectivity index (χ1n) is 9.55. The fourth-order valence-corrected chi connectivity index (χ4v) is 3.34. The van der Waals surface area contributed by atoms with E-state index in [1.807, 2.05) is 14.0 Å². The molecule has 2 N–H and O–H groups in total. The summed E-state index contributed by atoms with van der Waals surface area (Å²) in [5, 5.41) is 6.90. The second-order valence-electron chi connectivity index (χ2n) is 6.75. The Morgan fingerprint density at radius 1 is 1.32 bits per heavy atom. The van der Waals surface area contributed by atoms with Gasteiger partial charge in [-0.15, -0.1) is 0 Å². The maximum atomic E-state index is 5.76. The van der Waals surface area contributed by atoms with Crippen LogP contribution in [0.4, 0.5) is 0 Å². The van der Waals surface area contributed by atoms with Gasteiger partial charge in [0.05, 0.1) is 6.61 Å². The first kappa shape index (κ1) is 19.6. The van der Waals surface area contributed by atoms with Gasteiger partial charge in [-0.3, -0.25) is 4.99 Å². The maximum absolute atomic E-state index is 5.76. The standard InChI is InChI=1S/C20H34N4O/c1-5-24-11-7-8-17(15-24)13-22-20(21-4)23-14-18-10-9-16(3)12-19(18)25-6-2/h9-10,12,17H,5-8,11,13-15H2,1-4H3,(H2,21,22,23). The smallest absolute Gasteiger partial charge is 0.191 e. The van der Waals surface area contributed by atoms with Crippen LogP contribution in [0.2, 0.25) is 0 Å². The molecule has 1 unspecified atom stereocenters. The van der Waals surface area contributed by atoms with Crippen LogP contribution in [0, 0.1) is 12.8 Å². The normalized spacial score (nSPS) is 18.9. The number of hydrogen-bond donors (Lipinski definition) is 2. The summed E-state index contributed by atoms with van der Waals surface area (Å²) in [4.78, 5) is 6.89. The fourth-order valence-electron chi connectivity index (χ4n) is 3.34. The lowest BCUT2D eigenvalue weighted by Gasteiger charge is -2.32. The van der Waals surface area contributed by atoms with Gasteiger partial charge in [0.25, 0.3) is 0 Å². The minimum absolute atomic E-state index is 0.680. The molecule has 2 rings (SSSR count). The summed E-state index contributed by atoms with van der Waals surface area (Å²) in [6.45, 7) is 12.3. The molecule has 0 aromatic heterocycles. The highest BCUT2D eigenvalue weighted by atomic mass is 16.5.